The molecule has 0 aliphatic heterocycles. The van der Waals surface area contributed by atoms with Gasteiger partial charge in [-0.1, -0.05) is 30.7 Å². The smallest absolute Gasteiger partial charge is 0.153 e. The third kappa shape index (κ3) is 1.95. The summed E-state index contributed by atoms with van der Waals surface area (Å²) in [6.45, 7) is 4.20. The summed E-state index contributed by atoms with van der Waals surface area (Å²) in [5, 5.41) is 0. The van der Waals surface area contributed by atoms with E-state index in [1.54, 1.807) is 0 Å². The van der Waals surface area contributed by atoms with Crippen LogP contribution in [0.25, 0.3) is 0 Å². The van der Waals surface area contributed by atoms with Gasteiger partial charge in [0, 0.05) is 6.42 Å². The van der Waals surface area contributed by atoms with Crippen molar-refractivity contribution in [2.75, 3.05) is 0 Å². The molecule has 0 aromatic heterocycles. The summed E-state index contributed by atoms with van der Waals surface area (Å²) in [4.78, 5) is 11.7. The van der Waals surface area contributed by atoms with Crippen LogP contribution in [0.2, 0.25) is 0 Å². The molecule has 2 nitrogen and oxygen atoms in total. The number of hydrogen-bond donors (Lipinski definition) is 1. The maximum absolute atomic E-state index is 11.7. The van der Waals surface area contributed by atoms with Crippen molar-refractivity contribution in [1.82, 2.24) is 0 Å². The van der Waals surface area contributed by atoms with Crippen molar-refractivity contribution in [3.05, 3.63) is 34.9 Å². The van der Waals surface area contributed by atoms with Crippen molar-refractivity contribution in [3.8, 4) is 0 Å². The predicted octanol–water partition coefficient (Wildman–Crippen LogP) is 1.94. The van der Waals surface area contributed by atoms with Gasteiger partial charge in [-0.3, -0.25) is 4.79 Å². The van der Waals surface area contributed by atoms with E-state index in [1.807, 2.05) is 0 Å². The first kappa shape index (κ1) is 10.4. The highest BCUT2D eigenvalue weighted by molar-refractivity contribution is 5.87. The van der Waals surface area contributed by atoms with Crippen LogP contribution in [0.15, 0.2) is 18.2 Å². The zero-order valence-electron chi connectivity index (χ0n) is 9.29. The summed E-state index contributed by atoms with van der Waals surface area (Å²) in [7, 11) is 0. The predicted molar refractivity (Wildman–Crippen MR) is 60.9 cm³/mol. The molecule has 15 heavy (non-hydrogen) atoms. The van der Waals surface area contributed by atoms with E-state index in [0.29, 0.717) is 12.3 Å². The Morgan fingerprint density at radius 1 is 1.40 bits per heavy atom. The van der Waals surface area contributed by atoms with Gasteiger partial charge < -0.3 is 5.73 Å². The molecular formula is C13H17NO. The second-order valence-electron chi connectivity index (χ2n) is 4.59. The van der Waals surface area contributed by atoms with E-state index in [9.17, 15) is 4.79 Å². The molecule has 2 atom stereocenters. The third-order valence-electron chi connectivity index (χ3n) is 3.22. The molecule has 1 aromatic rings. The number of carbonyl (C=O) groups is 1. The average Bonchev–Trinajstić information content (AvgIpc) is 2.25. The number of nitrogens with two attached hydrogens (primary N) is 1. The first-order valence-electron chi connectivity index (χ1n) is 5.45. The summed E-state index contributed by atoms with van der Waals surface area (Å²) >= 11 is 0. The largest absolute Gasteiger partial charge is 0.321 e. The fourth-order valence-electron chi connectivity index (χ4n) is 2.33. The Bertz CT molecular complexity index is 398. The van der Waals surface area contributed by atoms with E-state index in [-0.39, 0.29) is 11.8 Å². The van der Waals surface area contributed by atoms with Crippen molar-refractivity contribution in [3.63, 3.8) is 0 Å². The Labute approximate surface area is 90.5 Å². The van der Waals surface area contributed by atoms with E-state index >= 15 is 0 Å². The topological polar surface area (TPSA) is 43.1 Å². The van der Waals surface area contributed by atoms with Crippen molar-refractivity contribution >= 4 is 5.78 Å². The lowest BCUT2D eigenvalue weighted by Gasteiger charge is -2.13. The number of Topliss-reactive ketones (excluding diaryl/α,β-unsaturated/α-hetero) is 1. The number of rotatable bonds is 0. The summed E-state index contributed by atoms with van der Waals surface area (Å²) < 4.78 is 0. The van der Waals surface area contributed by atoms with Crippen LogP contribution in [0.1, 0.15) is 36.0 Å². The Morgan fingerprint density at radius 3 is 2.87 bits per heavy atom. The molecule has 2 heteroatoms. The van der Waals surface area contributed by atoms with E-state index in [0.717, 1.165) is 6.42 Å². The number of aryl methyl sites for hydroxylation is 1. The van der Waals surface area contributed by atoms with Gasteiger partial charge in [-0.05, 0) is 30.4 Å². The Hall–Kier alpha value is -1.15. The Balaban J connectivity index is 2.46. The molecule has 2 rings (SSSR count). The van der Waals surface area contributed by atoms with Gasteiger partial charge in [0.25, 0.3) is 0 Å². The molecule has 0 heterocycles. The Kier molecular flexibility index (Phi) is 2.61. The molecule has 1 aromatic carbocycles. The van der Waals surface area contributed by atoms with Crippen LogP contribution in [0, 0.1) is 6.92 Å². The number of fused-ring (bicyclic) bond motifs is 1. The molecule has 2 N–H and O–H groups in total. The summed E-state index contributed by atoms with van der Waals surface area (Å²) in [5.41, 5.74) is 9.51. The minimum absolute atomic E-state index is 0.172. The number of benzene rings is 1. The molecule has 0 saturated carbocycles. The first-order valence-corrected chi connectivity index (χ1v) is 5.45. The van der Waals surface area contributed by atoms with Gasteiger partial charge in [-0.25, -0.2) is 0 Å². The molecular weight excluding hydrogens is 186 g/mol. The van der Waals surface area contributed by atoms with Gasteiger partial charge >= 0.3 is 0 Å². The molecule has 0 spiro atoms. The average molecular weight is 203 g/mol. The molecule has 0 amide bonds. The molecule has 1 aliphatic rings. The monoisotopic (exact) mass is 203 g/mol. The minimum atomic E-state index is -0.285. The molecule has 80 valence electrons. The highest BCUT2D eigenvalue weighted by Crippen LogP contribution is 2.28. The normalized spacial score (nSPS) is 25.9. The summed E-state index contributed by atoms with van der Waals surface area (Å²) in [5.74, 6) is 0.563. The van der Waals surface area contributed by atoms with Gasteiger partial charge in [0.2, 0.25) is 0 Å². The second-order valence-corrected chi connectivity index (χ2v) is 4.59. The van der Waals surface area contributed by atoms with Crippen LogP contribution < -0.4 is 5.73 Å². The van der Waals surface area contributed by atoms with E-state index in [4.69, 9.17) is 5.73 Å². The molecule has 0 saturated heterocycles. The van der Waals surface area contributed by atoms with Crippen molar-refractivity contribution in [2.45, 2.75) is 38.6 Å². The fourth-order valence-corrected chi connectivity index (χ4v) is 2.33. The fraction of sp³-hybridized carbons (Fsp3) is 0.462. The van der Waals surface area contributed by atoms with Gasteiger partial charge in [-0.15, -0.1) is 0 Å². The van der Waals surface area contributed by atoms with Gasteiger partial charge in [0.05, 0.1) is 6.04 Å². The van der Waals surface area contributed by atoms with E-state index in [1.165, 1.54) is 16.7 Å². The zero-order chi connectivity index (χ0) is 11.0. The standard InChI is InChI=1S/C13H17NO/c1-8-3-4-11-9(2)6-12(14)13(15)7-10(11)5-8/h3-5,9,12H,6-7,14H2,1-2H3/t9-,12+/m0/s1. The highest BCUT2D eigenvalue weighted by atomic mass is 16.1. The van der Waals surface area contributed by atoms with Crippen LogP contribution in [0.5, 0.6) is 0 Å². The lowest BCUT2D eigenvalue weighted by molar-refractivity contribution is -0.119. The molecule has 1 aliphatic carbocycles. The van der Waals surface area contributed by atoms with Crippen molar-refractivity contribution in [2.24, 2.45) is 5.73 Å². The second kappa shape index (κ2) is 3.78. The SMILES string of the molecule is Cc1ccc2c(c1)CC(=O)[C@H](N)C[C@@H]2C. The van der Waals surface area contributed by atoms with Crippen LogP contribution >= 0.6 is 0 Å². The maximum atomic E-state index is 11.7. The van der Waals surface area contributed by atoms with Gasteiger partial charge in [-0.2, -0.15) is 0 Å². The highest BCUT2D eigenvalue weighted by Gasteiger charge is 2.24. The maximum Gasteiger partial charge on any atom is 0.153 e. The van der Waals surface area contributed by atoms with Crippen LogP contribution in [-0.2, 0) is 11.2 Å². The van der Waals surface area contributed by atoms with Crippen LogP contribution in [-0.4, -0.2) is 11.8 Å². The van der Waals surface area contributed by atoms with Crippen LogP contribution in [0.3, 0.4) is 0 Å². The van der Waals surface area contributed by atoms with E-state index in [2.05, 4.69) is 32.0 Å². The molecule has 0 radical (unpaired) electrons. The lowest BCUT2D eigenvalue weighted by atomic mass is 9.93. The van der Waals surface area contributed by atoms with Crippen molar-refractivity contribution in [1.29, 1.82) is 0 Å². The lowest BCUT2D eigenvalue weighted by Crippen LogP contribution is -2.31. The zero-order valence-corrected chi connectivity index (χ0v) is 9.29. The number of hydrogen-bond acceptors (Lipinski definition) is 2. The molecule has 0 bridgehead atoms. The minimum Gasteiger partial charge on any atom is -0.321 e. The summed E-state index contributed by atoms with van der Waals surface area (Å²) in [6, 6.07) is 6.08. The number of carbonyl (C=O) groups excluding carboxylic acids is 1. The van der Waals surface area contributed by atoms with Gasteiger partial charge in [0.15, 0.2) is 5.78 Å². The molecule has 0 unspecified atom stereocenters. The van der Waals surface area contributed by atoms with Gasteiger partial charge in [0.1, 0.15) is 0 Å². The summed E-state index contributed by atoms with van der Waals surface area (Å²) in [6.07, 6.45) is 1.28. The first-order chi connectivity index (χ1) is 7.08. The Morgan fingerprint density at radius 2 is 2.13 bits per heavy atom. The van der Waals surface area contributed by atoms with Crippen LogP contribution in [0.4, 0.5) is 0 Å². The van der Waals surface area contributed by atoms with E-state index < -0.39 is 0 Å². The quantitative estimate of drug-likeness (QED) is 0.655. The molecule has 0 fully saturated rings. The third-order valence-corrected chi connectivity index (χ3v) is 3.22. The van der Waals surface area contributed by atoms with Crippen molar-refractivity contribution < 1.29 is 4.79 Å². The number of ketones is 1.